The van der Waals surface area contributed by atoms with Crippen LogP contribution in [-0.4, -0.2) is 54.5 Å². The Labute approximate surface area is 205 Å². The van der Waals surface area contributed by atoms with Gasteiger partial charge in [0.15, 0.2) is 11.3 Å². The van der Waals surface area contributed by atoms with Gasteiger partial charge in [-0.2, -0.15) is 4.37 Å². The molecule has 33 heavy (non-hydrogen) atoms. The molecule has 2 atom stereocenters. The van der Waals surface area contributed by atoms with E-state index in [0.717, 1.165) is 35.7 Å². The van der Waals surface area contributed by atoms with Gasteiger partial charge in [0.05, 0.1) is 5.52 Å². The first-order valence-corrected chi connectivity index (χ1v) is 12.5. The molecule has 8 nitrogen and oxygen atoms in total. The Morgan fingerprint density at radius 3 is 2.52 bits per heavy atom. The van der Waals surface area contributed by atoms with Crippen molar-refractivity contribution >= 4 is 57.6 Å². The standard InChI is InChI=1S/C22H26Cl2N6O2S/c1-22(2,3)11-30-14-7-8-15(25-19(14)27(4)21(30)32)28-9-13-6-5-12(28)10-29(13)20(31)17-16(23)18(24)33-26-17/h7-8,12-13H,5-6,9-11H2,1-4H3. The first-order chi connectivity index (χ1) is 15.5. The molecule has 0 aromatic carbocycles. The van der Waals surface area contributed by atoms with Gasteiger partial charge in [0, 0.05) is 38.8 Å². The van der Waals surface area contributed by atoms with Crippen LogP contribution in [0.1, 0.15) is 44.1 Å². The summed E-state index contributed by atoms with van der Waals surface area (Å²) in [6.45, 7) is 8.23. The molecule has 3 aliphatic heterocycles. The van der Waals surface area contributed by atoms with E-state index in [1.165, 1.54) is 0 Å². The van der Waals surface area contributed by atoms with Crippen LogP contribution < -0.4 is 10.6 Å². The highest BCUT2D eigenvalue weighted by atomic mass is 35.5. The van der Waals surface area contributed by atoms with Crippen LogP contribution in [0.3, 0.4) is 0 Å². The van der Waals surface area contributed by atoms with Gasteiger partial charge >= 0.3 is 5.69 Å². The Morgan fingerprint density at radius 1 is 1.18 bits per heavy atom. The van der Waals surface area contributed by atoms with E-state index in [4.69, 9.17) is 28.2 Å². The number of hydrogen-bond donors (Lipinski definition) is 0. The van der Waals surface area contributed by atoms with Gasteiger partial charge in [-0.25, -0.2) is 9.78 Å². The van der Waals surface area contributed by atoms with Crippen molar-refractivity contribution in [1.29, 1.82) is 0 Å². The normalized spacial score (nSPS) is 20.8. The molecule has 0 radical (unpaired) electrons. The summed E-state index contributed by atoms with van der Waals surface area (Å²) < 4.78 is 7.92. The molecule has 3 aromatic heterocycles. The average Bonchev–Trinajstić information content (AvgIpc) is 3.23. The van der Waals surface area contributed by atoms with Gasteiger partial charge in [-0.05, 0) is 41.9 Å². The fourth-order valence-electron chi connectivity index (χ4n) is 4.94. The second-order valence-corrected chi connectivity index (χ2v) is 11.9. The molecule has 11 heteroatoms. The maximum absolute atomic E-state index is 13.1. The minimum atomic E-state index is -0.164. The van der Waals surface area contributed by atoms with Gasteiger partial charge in [-0.3, -0.25) is 13.9 Å². The minimum absolute atomic E-state index is 0.0246. The van der Waals surface area contributed by atoms with E-state index in [1.807, 2.05) is 17.0 Å². The quantitative estimate of drug-likeness (QED) is 0.533. The SMILES string of the molecule is Cn1c(=O)n(CC(C)(C)C)c2ccc(N3CC4CCC3CN4C(=O)c3nsc(Cl)c3Cl)nc21. The lowest BCUT2D eigenvalue weighted by Gasteiger charge is -2.51. The third kappa shape index (κ3) is 3.84. The number of rotatable bonds is 3. The molecule has 3 saturated heterocycles. The molecular weight excluding hydrogens is 483 g/mol. The zero-order chi connectivity index (χ0) is 23.7. The number of aryl methyl sites for hydroxylation is 1. The maximum atomic E-state index is 13.1. The van der Waals surface area contributed by atoms with Crippen molar-refractivity contribution in [3.8, 4) is 0 Å². The predicted molar refractivity (Wildman–Crippen MR) is 132 cm³/mol. The third-order valence-electron chi connectivity index (χ3n) is 6.48. The molecule has 0 aliphatic carbocycles. The molecule has 0 spiro atoms. The van der Waals surface area contributed by atoms with E-state index in [1.54, 1.807) is 16.2 Å². The number of amides is 1. The highest BCUT2D eigenvalue weighted by molar-refractivity contribution is 7.11. The molecule has 0 saturated carbocycles. The molecule has 2 unspecified atom stereocenters. The Morgan fingerprint density at radius 2 is 1.91 bits per heavy atom. The number of imidazole rings is 1. The van der Waals surface area contributed by atoms with Crippen LogP contribution in [0.15, 0.2) is 16.9 Å². The zero-order valence-corrected chi connectivity index (χ0v) is 21.3. The molecule has 3 aliphatic rings. The van der Waals surface area contributed by atoms with Crippen LogP contribution in [-0.2, 0) is 13.6 Å². The van der Waals surface area contributed by atoms with Gasteiger partial charge in [-0.15, -0.1) is 0 Å². The molecular formula is C22H26Cl2N6O2S. The Hall–Kier alpha value is -2.10. The van der Waals surface area contributed by atoms with Crippen molar-refractivity contribution in [2.24, 2.45) is 12.5 Å². The predicted octanol–water partition coefficient (Wildman–Crippen LogP) is 4.04. The van der Waals surface area contributed by atoms with Gasteiger partial charge in [-0.1, -0.05) is 44.0 Å². The topological polar surface area (TPSA) is 76.3 Å². The van der Waals surface area contributed by atoms with Crippen LogP contribution in [0.25, 0.3) is 11.2 Å². The molecule has 6 rings (SSSR count). The summed E-state index contributed by atoms with van der Waals surface area (Å²) in [5.74, 6) is 0.671. The van der Waals surface area contributed by atoms with Crippen LogP contribution in [0.4, 0.5) is 5.82 Å². The Kier molecular flexibility index (Phi) is 5.49. The lowest BCUT2D eigenvalue weighted by Crippen LogP contribution is -2.64. The summed E-state index contributed by atoms with van der Waals surface area (Å²) in [5.41, 5.74) is 1.68. The van der Waals surface area contributed by atoms with E-state index >= 15 is 0 Å². The molecule has 0 N–H and O–H groups in total. The Bertz CT molecular complexity index is 1310. The smallest absolute Gasteiger partial charge is 0.330 e. The summed E-state index contributed by atoms with van der Waals surface area (Å²) in [4.78, 5) is 35.0. The van der Waals surface area contributed by atoms with E-state index in [0.29, 0.717) is 29.6 Å². The molecule has 3 fully saturated rings. The molecule has 2 bridgehead atoms. The third-order valence-corrected chi connectivity index (χ3v) is 8.09. The number of hydrogen-bond acceptors (Lipinski definition) is 6. The summed E-state index contributed by atoms with van der Waals surface area (Å²) in [6.07, 6.45) is 1.90. The summed E-state index contributed by atoms with van der Waals surface area (Å²) in [6, 6.07) is 4.18. The molecule has 3 aromatic rings. The molecule has 1 amide bonds. The molecule has 6 heterocycles. The van der Waals surface area contributed by atoms with Crippen LogP contribution in [0.2, 0.25) is 9.36 Å². The van der Waals surface area contributed by atoms with Crippen molar-refractivity contribution in [2.75, 3.05) is 18.0 Å². The van der Waals surface area contributed by atoms with E-state index in [9.17, 15) is 9.59 Å². The minimum Gasteiger partial charge on any atom is -0.350 e. The van der Waals surface area contributed by atoms with Gasteiger partial charge in [0.1, 0.15) is 15.2 Å². The highest BCUT2D eigenvalue weighted by Gasteiger charge is 2.43. The van der Waals surface area contributed by atoms with Gasteiger partial charge in [0.2, 0.25) is 0 Å². The fraction of sp³-hybridized carbons (Fsp3) is 0.545. The number of carbonyl (C=O) groups excluding carboxylic acids is 1. The summed E-state index contributed by atoms with van der Waals surface area (Å²) in [5, 5.41) is 0.234. The second-order valence-electron chi connectivity index (χ2n) is 10.1. The van der Waals surface area contributed by atoms with Crippen molar-refractivity contribution in [2.45, 2.75) is 52.2 Å². The first-order valence-electron chi connectivity index (χ1n) is 11.0. The second kappa shape index (κ2) is 7.99. The van der Waals surface area contributed by atoms with Crippen LogP contribution in [0.5, 0.6) is 0 Å². The average molecular weight is 509 g/mol. The number of nitrogens with zero attached hydrogens (tertiary/aromatic N) is 6. The number of piperazine rings is 1. The number of halogens is 2. The number of carbonyl (C=O) groups is 1. The largest absolute Gasteiger partial charge is 0.350 e. The number of piperidine rings is 2. The van der Waals surface area contributed by atoms with Crippen molar-refractivity contribution in [3.05, 3.63) is 37.7 Å². The number of aromatic nitrogens is 4. The first kappa shape index (κ1) is 22.7. The summed E-state index contributed by atoms with van der Waals surface area (Å²) >= 11 is 13.2. The van der Waals surface area contributed by atoms with E-state index in [-0.39, 0.29) is 39.8 Å². The van der Waals surface area contributed by atoms with E-state index in [2.05, 4.69) is 30.0 Å². The van der Waals surface area contributed by atoms with E-state index < -0.39 is 0 Å². The Balaban J connectivity index is 1.43. The van der Waals surface area contributed by atoms with Crippen molar-refractivity contribution in [3.63, 3.8) is 0 Å². The lowest BCUT2D eigenvalue weighted by molar-refractivity contribution is 0.0500. The van der Waals surface area contributed by atoms with Gasteiger partial charge < -0.3 is 9.80 Å². The fourth-order valence-corrected chi connectivity index (χ4v) is 5.92. The van der Waals surface area contributed by atoms with Crippen molar-refractivity contribution < 1.29 is 4.79 Å². The monoisotopic (exact) mass is 508 g/mol. The number of anilines is 1. The lowest BCUT2D eigenvalue weighted by atomic mass is 9.90. The zero-order valence-electron chi connectivity index (χ0n) is 19.0. The van der Waals surface area contributed by atoms with Crippen molar-refractivity contribution in [1.82, 2.24) is 23.4 Å². The molecule has 176 valence electrons. The number of fused-ring (bicyclic) bond motifs is 4. The maximum Gasteiger partial charge on any atom is 0.330 e. The highest BCUT2D eigenvalue weighted by Crippen LogP contribution is 2.36. The van der Waals surface area contributed by atoms with Crippen LogP contribution >= 0.6 is 34.7 Å². The van der Waals surface area contributed by atoms with Gasteiger partial charge in [0.25, 0.3) is 5.91 Å². The number of pyridine rings is 1. The summed E-state index contributed by atoms with van der Waals surface area (Å²) in [7, 11) is 1.77. The van der Waals surface area contributed by atoms with Crippen LogP contribution in [0, 0.1) is 5.41 Å².